The van der Waals surface area contributed by atoms with Gasteiger partial charge in [-0.2, -0.15) is 5.10 Å². The van der Waals surface area contributed by atoms with Gasteiger partial charge in [0.1, 0.15) is 17.0 Å². The Morgan fingerprint density at radius 1 is 0.862 bits per heavy atom. The Morgan fingerprint density at radius 3 is 2.72 bits per heavy atom. The van der Waals surface area contributed by atoms with Crippen LogP contribution in [0.25, 0.3) is 55.8 Å². The minimum Gasteiger partial charge on any atom is -0.472 e. The van der Waals surface area contributed by atoms with Crippen LogP contribution in [0.2, 0.25) is 0 Å². The maximum Gasteiger partial charge on any atom is 0.138 e. The van der Waals surface area contributed by atoms with Crippen LogP contribution in [0.1, 0.15) is 0 Å². The number of furan rings is 1. The molecule has 0 spiro atoms. The second-order valence-corrected chi connectivity index (χ2v) is 6.59. The van der Waals surface area contributed by atoms with E-state index in [1.165, 1.54) is 0 Å². The van der Waals surface area contributed by atoms with Crippen molar-refractivity contribution >= 4 is 21.9 Å². The van der Waals surface area contributed by atoms with Crippen molar-refractivity contribution in [1.82, 2.24) is 35.1 Å². The fourth-order valence-corrected chi connectivity index (χ4v) is 3.52. The summed E-state index contributed by atoms with van der Waals surface area (Å²) >= 11 is 0. The second-order valence-electron chi connectivity index (χ2n) is 6.59. The van der Waals surface area contributed by atoms with Crippen molar-refractivity contribution in [1.29, 1.82) is 0 Å². The summed E-state index contributed by atoms with van der Waals surface area (Å²) in [5, 5.41) is 9.50. The molecule has 29 heavy (non-hydrogen) atoms. The summed E-state index contributed by atoms with van der Waals surface area (Å²) in [5.41, 5.74) is 6.79. The van der Waals surface area contributed by atoms with Crippen LogP contribution in [-0.4, -0.2) is 35.1 Å². The van der Waals surface area contributed by atoms with Gasteiger partial charge in [-0.15, -0.1) is 0 Å². The molecular weight excluding hydrogens is 366 g/mol. The van der Waals surface area contributed by atoms with Crippen molar-refractivity contribution in [2.45, 2.75) is 0 Å². The summed E-state index contributed by atoms with van der Waals surface area (Å²) in [7, 11) is 0. The van der Waals surface area contributed by atoms with Crippen LogP contribution in [0.4, 0.5) is 0 Å². The molecule has 0 aromatic carbocycles. The molecule has 0 saturated heterocycles. The first kappa shape index (κ1) is 15.7. The zero-order valence-corrected chi connectivity index (χ0v) is 15.0. The summed E-state index contributed by atoms with van der Waals surface area (Å²) in [4.78, 5) is 20.8. The molecule has 0 unspecified atom stereocenters. The van der Waals surface area contributed by atoms with Gasteiger partial charge in [0.15, 0.2) is 0 Å². The van der Waals surface area contributed by atoms with Crippen LogP contribution in [0.5, 0.6) is 0 Å². The van der Waals surface area contributed by atoms with Crippen molar-refractivity contribution in [3.05, 3.63) is 67.8 Å². The van der Waals surface area contributed by atoms with Crippen LogP contribution in [0.3, 0.4) is 0 Å². The van der Waals surface area contributed by atoms with Gasteiger partial charge < -0.3 is 9.40 Å². The molecule has 138 valence electrons. The van der Waals surface area contributed by atoms with E-state index in [4.69, 9.17) is 4.42 Å². The normalized spacial score (nSPS) is 11.4. The van der Waals surface area contributed by atoms with Gasteiger partial charge in [-0.25, -0.2) is 4.98 Å². The van der Waals surface area contributed by atoms with Gasteiger partial charge in [-0.1, -0.05) is 0 Å². The first-order chi connectivity index (χ1) is 14.4. The predicted molar refractivity (Wildman–Crippen MR) is 108 cm³/mol. The number of H-pyrrole nitrogens is 2. The SMILES string of the molecule is c1cnc(-c2cc3c(-c4cc5c(-c6ccoc6)ccnc5[nH]4)n[nH]c3cn2)cn1. The van der Waals surface area contributed by atoms with E-state index in [1.54, 1.807) is 43.5 Å². The number of nitrogens with zero attached hydrogens (tertiary/aromatic N) is 5. The minimum atomic E-state index is 0.710. The number of fused-ring (bicyclic) bond motifs is 2. The van der Waals surface area contributed by atoms with E-state index in [0.717, 1.165) is 50.1 Å². The monoisotopic (exact) mass is 379 g/mol. The highest BCUT2D eigenvalue weighted by Crippen LogP contribution is 2.33. The van der Waals surface area contributed by atoms with E-state index < -0.39 is 0 Å². The van der Waals surface area contributed by atoms with Crippen molar-refractivity contribution in [3.8, 4) is 33.9 Å². The van der Waals surface area contributed by atoms with E-state index in [-0.39, 0.29) is 0 Å². The Hall–Kier alpha value is -4.33. The molecule has 8 heteroatoms. The van der Waals surface area contributed by atoms with Crippen LogP contribution in [-0.2, 0) is 0 Å². The number of nitrogens with one attached hydrogen (secondary N) is 2. The van der Waals surface area contributed by atoms with Crippen molar-refractivity contribution < 1.29 is 4.42 Å². The molecule has 0 amide bonds. The molecule has 0 aliphatic heterocycles. The largest absolute Gasteiger partial charge is 0.472 e. The molecule has 0 aliphatic rings. The summed E-state index contributed by atoms with van der Waals surface area (Å²) in [5.74, 6) is 0. The van der Waals surface area contributed by atoms with E-state index in [1.807, 2.05) is 18.2 Å². The Labute approximate surface area is 163 Å². The van der Waals surface area contributed by atoms with Crippen LogP contribution >= 0.6 is 0 Å². The number of rotatable bonds is 3. The number of pyridine rings is 2. The van der Waals surface area contributed by atoms with Gasteiger partial charge in [0, 0.05) is 34.9 Å². The van der Waals surface area contributed by atoms with Crippen molar-refractivity contribution in [2.75, 3.05) is 0 Å². The molecule has 0 saturated carbocycles. The minimum absolute atomic E-state index is 0.710. The van der Waals surface area contributed by atoms with E-state index in [2.05, 4.69) is 41.2 Å². The summed E-state index contributed by atoms with van der Waals surface area (Å²) < 4.78 is 5.24. The molecule has 0 bridgehead atoms. The smallest absolute Gasteiger partial charge is 0.138 e. The molecule has 0 fully saturated rings. The number of hydrogen-bond donors (Lipinski definition) is 2. The van der Waals surface area contributed by atoms with Gasteiger partial charge in [0.05, 0.1) is 41.8 Å². The Balaban J connectivity index is 1.53. The topological polar surface area (TPSA) is 109 Å². The van der Waals surface area contributed by atoms with Crippen molar-refractivity contribution in [3.63, 3.8) is 0 Å². The summed E-state index contributed by atoms with van der Waals surface area (Å²) in [6.45, 7) is 0. The Morgan fingerprint density at radius 2 is 1.86 bits per heavy atom. The van der Waals surface area contributed by atoms with Gasteiger partial charge in [-0.3, -0.25) is 20.1 Å². The van der Waals surface area contributed by atoms with Gasteiger partial charge >= 0.3 is 0 Å². The number of hydrogen-bond acceptors (Lipinski definition) is 6. The first-order valence-corrected chi connectivity index (χ1v) is 8.98. The molecule has 6 heterocycles. The van der Waals surface area contributed by atoms with Crippen LogP contribution in [0, 0.1) is 0 Å². The molecule has 6 aromatic heterocycles. The van der Waals surface area contributed by atoms with Crippen LogP contribution < -0.4 is 0 Å². The third-order valence-corrected chi connectivity index (χ3v) is 4.89. The lowest BCUT2D eigenvalue weighted by Crippen LogP contribution is -1.88. The summed E-state index contributed by atoms with van der Waals surface area (Å²) in [6.07, 6.45) is 11.9. The molecule has 0 aliphatic carbocycles. The molecule has 6 aromatic rings. The highest BCUT2D eigenvalue weighted by molar-refractivity contribution is 6.00. The lowest BCUT2D eigenvalue weighted by Gasteiger charge is -1.99. The fraction of sp³-hybridized carbons (Fsp3) is 0. The lowest BCUT2D eigenvalue weighted by atomic mass is 10.1. The zero-order valence-electron chi connectivity index (χ0n) is 15.0. The maximum absolute atomic E-state index is 5.24. The summed E-state index contributed by atoms with van der Waals surface area (Å²) in [6, 6.07) is 7.94. The van der Waals surface area contributed by atoms with Gasteiger partial charge in [-0.05, 0) is 29.8 Å². The Kier molecular flexibility index (Phi) is 3.30. The average molecular weight is 379 g/mol. The first-order valence-electron chi connectivity index (χ1n) is 8.98. The molecule has 2 N–H and O–H groups in total. The third-order valence-electron chi connectivity index (χ3n) is 4.89. The highest BCUT2D eigenvalue weighted by atomic mass is 16.3. The molecular formula is C21H13N7O. The molecule has 8 nitrogen and oxygen atoms in total. The third kappa shape index (κ3) is 2.50. The standard InChI is InChI=1S/C21H13N7O/c1-3-24-21-14(13(1)12-2-6-29-11-12)7-17(26-21)20-15-8-16(19-9-22-4-5-23-19)25-10-18(15)27-28-20/h1-11H,(H,24,26)(H,27,28). The molecule has 6 rings (SSSR count). The highest BCUT2D eigenvalue weighted by Gasteiger charge is 2.15. The second kappa shape index (κ2) is 6.10. The maximum atomic E-state index is 5.24. The number of aromatic nitrogens is 7. The van der Waals surface area contributed by atoms with Crippen LogP contribution in [0.15, 0.2) is 72.2 Å². The van der Waals surface area contributed by atoms with Gasteiger partial charge in [0.2, 0.25) is 0 Å². The Bertz CT molecular complexity index is 1450. The quantitative estimate of drug-likeness (QED) is 0.476. The lowest BCUT2D eigenvalue weighted by molar-refractivity contribution is 0.568. The van der Waals surface area contributed by atoms with E-state index >= 15 is 0 Å². The van der Waals surface area contributed by atoms with Crippen molar-refractivity contribution in [2.24, 2.45) is 0 Å². The predicted octanol–water partition coefficient (Wildman–Crippen LogP) is 4.22. The molecule has 0 atom stereocenters. The van der Waals surface area contributed by atoms with Gasteiger partial charge in [0.25, 0.3) is 0 Å². The molecule has 0 radical (unpaired) electrons. The number of aromatic amines is 2. The average Bonchev–Trinajstić information content (AvgIpc) is 3.52. The van der Waals surface area contributed by atoms with E-state index in [9.17, 15) is 0 Å². The zero-order chi connectivity index (χ0) is 19.2. The van der Waals surface area contributed by atoms with E-state index in [0.29, 0.717) is 5.69 Å². The fourth-order valence-electron chi connectivity index (χ4n) is 3.52.